The zero-order valence-electron chi connectivity index (χ0n) is 6.98. The van der Waals surface area contributed by atoms with Gasteiger partial charge in [-0.25, -0.2) is 16.8 Å². The fraction of sp³-hybridized carbons (Fsp3) is 0. The van der Waals surface area contributed by atoms with Crippen molar-refractivity contribution in [3.63, 3.8) is 0 Å². The van der Waals surface area contributed by atoms with Crippen LogP contribution in [0.15, 0.2) is 32.0 Å². The number of thiol groups is 1. The first-order valence-electron chi connectivity index (χ1n) is 3.44. The molecule has 0 aliphatic heterocycles. The van der Waals surface area contributed by atoms with Gasteiger partial charge in [-0.1, -0.05) is 31.9 Å². The molecule has 0 unspecified atom stereocenters. The molecule has 9 heteroatoms. The fourth-order valence-corrected chi connectivity index (χ4v) is 4.20. The Balaban J connectivity index is 3.27. The van der Waals surface area contributed by atoms with Crippen molar-refractivity contribution in [2.45, 2.75) is 4.90 Å². The quantitative estimate of drug-likeness (QED) is 0.769. The predicted octanol–water partition coefficient (Wildman–Crippen LogP) is 1.02. The molecule has 0 saturated carbocycles. The second-order valence-electron chi connectivity index (χ2n) is 2.46. The summed E-state index contributed by atoms with van der Waals surface area (Å²) < 4.78 is 45.9. The molecule has 0 bridgehead atoms. The van der Waals surface area contributed by atoms with Crippen LogP contribution in [0.1, 0.15) is 0 Å². The van der Waals surface area contributed by atoms with Crippen molar-refractivity contribution in [3.05, 3.63) is 27.1 Å². The second kappa shape index (κ2) is 4.91. The Labute approximate surface area is 105 Å². The molecule has 1 rings (SSSR count). The molecule has 0 spiro atoms. The van der Waals surface area contributed by atoms with Gasteiger partial charge in [-0.15, -0.1) is 4.13 Å². The van der Waals surface area contributed by atoms with E-state index < -0.39 is 20.9 Å². The highest BCUT2D eigenvalue weighted by molar-refractivity contribution is 9.11. The predicted molar refractivity (Wildman–Crippen MR) is 62.5 cm³/mol. The van der Waals surface area contributed by atoms with E-state index in [4.69, 9.17) is 0 Å². The molecule has 1 N–H and O–H groups in total. The molecule has 0 amide bonds. The largest absolute Gasteiger partial charge is 0.253 e. The molecule has 1 aromatic rings. The maximum atomic E-state index is 11.4. The molecular formula is C6H5Br2NO4S2. The van der Waals surface area contributed by atoms with Gasteiger partial charge in [0.15, 0.2) is 0 Å². The van der Waals surface area contributed by atoms with Gasteiger partial charge < -0.3 is 0 Å². The highest BCUT2D eigenvalue weighted by atomic mass is 79.9. The van der Waals surface area contributed by atoms with Crippen molar-refractivity contribution in [2.24, 2.45) is 0 Å². The molecule has 0 atom stereocenters. The van der Waals surface area contributed by atoms with Gasteiger partial charge in [-0.2, -0.15) is 0 Å². The minimum Gasteiger partial charge on any atom is -0.215 e. The normalized spacial score (nSPS) is 11.9. The van der Waals surface area contributed by atoms with Crippen LogP contribution in [-0.4, -0.2) is 16.8 Å². The summed E-state index contributed by atoms with van der Waals surface area (Å²) in [5.74, 6) is 0. The van der Waals surface area contributed by atoms with Gasteiger partial charge >= 0.3 is 0 Å². The lowest BCUT2D eigenvalue weighted by Gasteiger charge is -2.02. The molecule has 1 aromatic carbocycles. The third kappa shape index (κ3) is 3.83. The van der Waals surface area contributed by atoms with Crippen molar-refractivity contribution in [3.8, 4) is 0 Å². The van der Waals surface area contributed by atoms with Crippen LogP contribution in [0.3, 0.4) is 0 Å². The summed E-state index contributed by atoms with van der Waals surface area (Å²) in [5, 5.41) is 0. The van der Waals surface area contributed by atoms with Crippen LogP contribution in [0.25, 0.3) is 0 Å². The first kappa shape index (κ1) is 13.1. The van der Waals surface area contributed by atoms with Crippen molar-refractivity contribution in [1.29, 1.82) is 0 Å². The second-order valence-corrected chi connectivity index (χ2v) is 7.01. The molecule has 5 nitrogen and oxygen atoms in total. The van der Waals surface area contributed by atoms with Crippen molar-refractivity contribution >= 4 is 52.8 Å². The highest BCUT2D eigenvalue weighted by Gasteiger charge is 2.15. The summed E-state index contributed by atoms with van der Waals surface area (Å²) >= 11 is 6.20. The number of halogens is 2. The van der Waals surface area contributed by atoms with Crippen LogP contribution in [0.5, 0.6) is 0 Å². The van der Waals surface area contributed by atoms with Crippen LogP contribution >= 0.6 is 31.9 Å². The van der Waals surface area contributed by atoms with Gasteiger partial charge in [0, 0.05) is 8.95 Å². The summed E-state index contributed by atoms with van der Waals surface area (Å²) in [7, 11) is -7.21. The van der Waals surface area contributed by atoms with Crippen molar-refractivity contribution in [2.75, 3.05) is 0 Å². The minimum atomic E-state index is -4.01. The molecule has 0 aliphatic carbocycles. The van der Waals surface area contributed by atoms with E-state index in [1.165, 1.54) is 16.3 Å². The van der Waals surface area contributed by atoms with E-state index in [1.54, 1.807) is 6.07 Å². The topological polar surface area (TPSA) is 80.3 Å². The lowest BCUT2D eigenvalue weighted by Crippen LogP contribution is -2.21. The summed E-state index contributed by atoms with van der Waals surface area (Å²) in [6.45, 7) is 0. The number of benzene rings is 1. The fourth-order valence-electron chi connectivity index (χ4n) is 0.835. The van der Waals surface area contributed by atoms with Gasteiger partial charge in [0.1, 0.15) is 0 Å². The molecule has 0 aliphatic rings. The Kier molecular flexibility index (Phi) is 4.29. The maximum absolute atomic E-state index is 11.4. The van der Waals surface area contributed by atoms with Gasteiger partial charge in [0.25, 0.3) is 10.0 Å². The Morgan fingerprint density at radius 2 is 1.53 bits per heavy atom. The van der Waals surface area contributed by atoms with Crippen LogP contribution < -0.4 is 4.13 Å². The number of hydrogen-bond acceptors (Lipinski definition) is 4. The number of hydrogen-bond donors (Lipinski definition) is 2. The van der Waals surface area contributed by atoms with Crippen LogP contribution in [0.4, 0.5) is 0 Å². The summed E-state index contributed by atoms with van der Waals surface area (Å²) in [6, 6.07) is 4.23. The van der Waals surface area contributed by atoms with Gasteiger partial charge in [-0.05, 0) is 18.2 Å². The van der Waals surface area contributed by atoms with Crippen LogP contribution in [0, 0.1) is 0 Å². The van der Waals surface area contributed by atoms with Crippen molar-refractivity contribution in [1.82, 2.24) is 4.13 Å². The zero-order chi connectivity index (χ0) is 11.6. The van der Waals surface area contributed by atoms with Gasteiger partial charge in [0.2, 0.25) is 10.9 Å². The van der Waals surface area contributed by atoms with E-state index in [2.05, 4.69) is 31.9 Å². The van der Waals surface area contributed by atoms with E-state index >= 15 is 0 Å². The first-order valence-corrected chi connectivity index (χ1v) is 7.69. The van der Waals surface area contributed by atoms with Crippen molar-refractivity contribution < 1.29 is 16.8 Å². The van der Waals surface area contributed by atoms with E-state index in [0.29, 0.717) is 8.95 Å². The molecule has 0 fully saturated rings. The first-order chi connectivity index (χ1) is 6.81. The Hall–Kier alpha value is 0.0400. The average molecular weight is 379 g/mol. The summed E-state index contributed by atoms with van der Waals surface area (Å²) in [5.41, 5.74) is 0. The molecule has 15 heavy (non-hydrogen) atoms. The molecule has 0 aromatic heterocycles. The summed E-state index contributed by atoms with van der Waals surface area (Å²) in [4.78, 5) is -0.136. The number of rotatable bonds is 3. The highest BCUT2D eigenvalue weighted by Crippen LogP contribution is 2.22. The van der Waals surface area contributed by atoms with E-state index in [1.807, 2.05) is 0 Å². The van der Waals surface area contributed by atoms with Gasteiger partial charge in [-0.3, -0.25) is 0 Å². The molecule has 0 saturated heterocycles. The lowest BCUT2D eigenvalue weighted by atomic mass is 10.4. The molecule has 84 valence electrons. The Morgan fingerprint density at radius 3 is 1.93 bits per heavy atom. The number of sulfonamides is 1. The minimum absolute atomic E-state index is 0.136. The van der Waals surface area contributed by atoms with E-state index in [0.717, 1.165) is 0 Å². The Bertz CT molecular complexity index is 524. The lowest BCUT2D eigenvalue weighted by molar-refractivity contribution is 0.585. The Morgan fingerprint density at radius 1 is 1.07 bits per heavy atom. The summed E-state index contributed by atoms with van der Waals surface area (Å²) in [6.07, 6.45) is 0. The molecular weight excluding hydrogens is 374 g/mol. The molecule has 0 heterocycles. The molecule has 0 radical (unpaired) electrons. The smallest absolute Gasteiger partial charge is 0.215 e. The average Bonchev–Trinajstić information content (AvgIpc) is 1.99. The van der Waals surface area contributed by atoms with E-state index in [-0.39, 0.29) is 4.90 Å². The SMILES string of the molecule is O=[SH](=O)NS(=O)(=O)c1cc(Br)cc(Br)c1. The number of nitrogens with one attached hydrogen (secondary N) is 1. The van der Waals surface area contributed by atoms with Gasteiger partial charge in [0.05, 0.1) is 4.90 Å². The monoisotopic (exact) mass is 377 g/mol. The zero-order valence-corrected chi connectivity index (χ0v) is 11.9. The third-order valence-electron chi connectivity index (χ3n) is 1.34. The van der Waals surface area contributed by atoms with Crippen LogP contribution in [-0.2, 0) is 20.9 Å². The van der Waals surface area contributed by atoms with Crippen LogP contribution in [0.2, 0.25) is 0 Å². The van der Waals surface area contributed by atoms with E-state index in [9.17, 15) is 16.8 Å². The maximum Gasteiger partial charge on any atom is 0.253 e. The third-order valence-corrected chi connectivity index (χ3v) is 4.67. The standard InChI is InChI=1S/C6H5Br2NO4S2/c7-4-1-5(8)3-6(2-4)15(12,13)9-14(10)11/h1-3,14H,(H,9,10,11).